The van der Waals surface area contributed by atoms with Crippen LogP contribution in [-0.4, -0.2) is 58.2 Å². The molecule has 4 aromatic rings. The summed E-state index contributed by atoms with van der Waals surface area (Å²) in [4.78, 5) is 9.11. The van der Waals surface area contributed by atoms with Gasteiger partial charge in [0.15, 0.2) is 5.65 Å². The molecule has 0 bridgehead atoms. The van der Waals surface area contributed by atoms with Gasteiger partial charge in [0.2, 0.25) is 0 Å². The van der Waals surface area contributed by atoms with Gasteiger partial charge in [-0.3, -0.25) is 0 Å². The number of benzene rings is 2. The summed E-state index contributed by atoms with van der Waals surface area (Å²) in [6.45, 7) is 1.20. The molecule has 0 saturated carbocycles. The van der Waals surface area contributed by atoms with E-state index in [9.17, 15) is 18.3 Å². The minimum absolute atomic E-state index is 0.00660. The Morgan fingerprint density at radius 1 is 0.950 bits per heavy atom. The first-order valence-corrected chi connectivity index (χ1v) is 14.1. The van der Waals surface area contributed by atoms with E-state index >= 15 is 0 Å². The van der Waals surface area contributed by atoms with Gasteiger partial charge < -0.3 is 14.9 Å². The van der Waals surface area contributed by atoms with Gasteiger partial charge in [-0.2, -0.15) is 22.8 Å². The third-order valence-corrected chi connectivity index (χ3v) is 8.56. The summed E-state index contributed by atoms with van der Waals surface area (Å²) in [7, 11) is 0. The van der Waals surface area contributed by atoms with E-state index < -0.39 is 12.1 Å². The molecule has 11 heteroatoms. The molecular weight excluding hydrogens is 562 g/mol. The number of nitrogens with zero attached hydrogens (tertiary/aromatic N) is 5. The van der Waals surface area contributed by atoms with Gasteiger partial charge in [0.1, 0.15) is 17.3 Å². The Labute approximate surface area is 239 Å². The Balaban J connectivity index is 1.58. The summed E-state index contributed by atoms with van der Waals surface area (Å²) in [6, 6.07) is 16.6. The van der Waals surface area contributed by atoms with Crippen LogP contribution in [0.5, 0.6) is 0 Å². The number of hydrogen-bond acceptors (Lipinski definition) is 5. The first-order valence-electron chi connectivity index (χ1n) is 13.4. The van der Waals surface area contributed by atoms with Gasteiger partial charge >= 0.3 is 6.18 Å². The number of rotatable bonds is 5. The Morgan fingerprint density at radius 2 is 1.68 bits per heavy atom. The van der Waals surface area contributed by atoms with Crippen LogP contribution >= 0.6 is 23.2 Å². The van der Waals surface area contributed by atoms with E-state index in [1.54, 1.807) is 22.7 Å². The number of alkyl halides is 3. The van der Waals surface area contributed by atoms with Crippen molar-refractivity contribution >= 4 is 40.5 Å². The van der Waals surface area contributed by atoms with Gasteiger partial charge in [0.25, 0.3) is 0 Å². The second kappa shape index (κ2) is 10.8. The second-order valence-corrected chi connectivity index (χ2v) is 11.2. The summed E-state index contributed by atoms with van der Waals surface area (Å²) in [5.74, 6) is 0.00869. The highest BCUT2D eigenvalue weighted by Gasteiger charge is 2.41. The zero-order valence-electron chi connectivity index (χ0n) is 21.6. The molecule has 2 aliphatic rings. The molecule has 2 aromatic heterocycles. The molecule has 0 radical (unpaired) electrons. The van der Waals surface area contributed by atoms with Crippen LogP contribution in [0.3, 0.4) is 0 Å². The van der Waals surface area contributed by atoms with Crippen molar-refractivity contribution in [2.45, 2.75) is 37.9 Å². The number of piperidine rings is 1. The van der Waals surface area contributed by atoms with Gasteiger partial charge in [-0.05, 0) is 49.4 Å². The summed E-state index contributed by atoms with van der Waals surface area (Å²) < 4.78 is 42.1. The van der Waals surface area contributed by atoms with Gasteiger partial charge in [-0.1, -0.05) is 53.5 Å². The van der Waals surface area contributed by atoms with Gasteiger partial charge in [-0.15, -0.1) is 0 Å². The summed E-state index contributed by atoms with van der Waals surface area (Å²) in [5.41, 5.74) is 3.48. The molecule has 6 nitrogen and oxygen atoms in total. The van der Waals surface area contributed by atoms with Crippen LogP contribution < -0.4 is 9.80 Å². The molecule has 4 heterocycles. The van der Waals surface area contributed by atoms with Crippen molar-refractivity contribution in [2.75, 3.05) is 36.0 Å². The van der Waals surface area contributed by atoms with Crippen LogP contribution in [0, 0.1) is 5.92 Å². The van der Waals surface area contributed by atoms with Crippen molar-refractivity contribution in [1.82, 2.24) is 14.6 Å². The predicted octanol–water partition coefficient (Wildman–Crippen LogP) is 7.11. The normalized spacial score (nSPS) is 18.7. The van der Waals surface area contributed by atoms with E-state index in [0.29, 0.717) is 33.0 Å². The van der Waals surface area contributed by atoms with Crippen LogP contribution in [-0.2, 0) is 0 Å². The first kappa shape index (κ1) is 27.2. The fourth-order valence-electron chi connectivity index (χ4n) is 5.85. The topological polar surface area (TPSA) is 56.9 Å². The van der Waals surface area contributed by atoms with Crippen molar-refractivity contribution in [2.24, 2.45) is 5.92 Å². The zero-order chi connectivity index (χ0) is 28.0. The van der Waals surface area contributed by atoms with E-state index in [0.717, 1.165) is 36.1 Å². The number of anilines is 2. The first-order chi connectivity index (χ1) is 19.2. The molecule has 0 unspecified atom stereocenters. The summed E-state index contributed by atoms with van der Waals surface area (Å²) in [6.07, 6.45) is -2.44. The molecule has 40 heavy (non-hydrogen) atoms. The number of aliphatic hydroxyl groups excluding tert-OH is 1. The fraction of sp³-hybridized carbons (Fsp3) is 0.379. The third kappa shape index (κ3) is 4.99. The standard InChI is InChI=1S/C29H28Cl2F3N5O/c30-20-9-7-18(8-10-20)26-27(22-5-1-2-6-23(22)31)36-39-25(37-14-11-19(12-15-37)29(32,33)34)16-24(35-28(26)39)38-13-3-4-21(38)17-40/h1-2,5-10,16,19,21,40H,3-4,11-15,17H2/t21-/m0/s1. The number of hydrogen-bond donors (Lipinski definition) is 1. The second-order valence-electron chi connectivity index (χ2n) is 10.4. The summed E-state index contributed by atoms with van der Waals surface area (Å²) in [5, 5.41) is 16.2. The third-order valence-electron chi connectivity index (χ3n) is 7.98. The van der Waals surface area contributed by atoms with Crippen molar-refractivity contribution < 1.29 is 18.3 Å². The minimum Gasteiger partial charge on any atom is -0.394 e. The maximum atomic E-state index is 13.5. The van der Waals surface area contributed by atoms with Crippen LogP contribution in [0.4, 0.5) is 24.8 Å². The molecular formula is C29H28Cl2F3N5O. The molecule has 1 atom stereocenters. The van der Waals surface area contributed by atoms with Crippen LogP contribution in [0.15, 0.2) is 54.6 Å². The van der Waals surface area contributed by atoms with Crippen LogP contribution in [0.1, 0.15) is 25.7 Å². The highest BCUT2D eigenvalue weighted by Crippen LogP contribution is 2.42. The van der Waals surface area contributed by atoms with Gasteiger partial charge in [0, 0.05) is 36.3 Å². The summed E-state index contributed by atoms with van der Waals surface area (Å²) >= 11 is 12.9. The molecule has 2 fully saturated rings. The number of aromatic nitrogens is 3. The number of aliphatic hydroxyl groups is 1. The van der Waals surface area contributed by atoms with Crippen molar-refractivity contribution in [1.29, 1.82) is 0 Å². The molecule has 1 N–H and O–H groups in total. The lowest BCUT2D eigenvalue weighted by Gasteiger charge is -2.35. The van der Waals surface area contributed by atoms with Crippen LogP contribution in [0.2, 0.25) is 10.0 Å². The monoisotopic (exact) mass is 589 g/mol. The maximum absolute atomic E-state index is 13.5. The Bertz CT molecular complexity index is 1520. The minimum atomic E-state index is -4.21. The number of fused-ring (bicyclic) bond motifs is 1. The van der Waals surface area contributed by atoms with E-state index in [2.05, 4.69) is 4.90 Å². The van der Waals surface area contributed by atoms with Gasteiger partial charge in [-0.25, -0.2) is 4.98 Å². The number of halogens is 5. The smallest absolute Gasteiger partial charge is 0.391 e. The largest absolute Gasteiger partial charge is 0.394 e. The Hall–Kier alpha value is -3.01. The average Bonchev–Trinajstić information content (AvgIpc) is 3.58. The van der Waals surface area contributed by atoms with E-state index in [4.69, 9.17) is 33.3 Å². The Kier molecular flexibility index (Phi) is 7.31. The Morgan fingerprint density at radius 3 is 2.35 bits per heavy atom. The fourth-order valence-corrected chi connectivity index (χ4v) is 6.20. The van der Waals surface area contributed by atoms with Crippen molar-refractivity contribution in [3.63, 3.8) is 0 Å². The lowest BCUT2D eigenvalue weighted by atomic mass is 9.96. The molecule has 0 spiro atoms. The molecule has 210 valence electrons. The van der Waals surface area contributed by atoms with E-state index in [1.165, 1.54) is 0 Å². The predicted molar refractivity (Wildman–Crippen MR) is 152 cm³/mol. The quantitative estimate of drug-likeness (QED) is 0.269. The molecule has 2 aromatic carbocycles. The van der Waals surface area contributed by atoms with E-state index in [-0.39, 0.29) is 38.6 Å². The van der Waals surface area contributed by atoms with Crippen molar-refractivity contribution in [3.05, 3.63) is 64.6 Å². The highest BCUT2D eigenvalue weighted by atomic mass is 35.5. The van der Waals surface area contributed by atoms with Crippen LogP contribution in [0.25, 0.3) is 28.0 Å². The molecule has 2 aliphatic heterocycles. The zero-order valence-corrected chi connectivity index (χ0v) is 23.1. The lowest BCUT2D eigenvalue weighted by Crippen LogP contribution is -2.40. The molecule has 2 saturated heterocycles. The average molecular weight is 590 g/mol. The SMILES string of the molecule is OC[C@@H]1CCCN1c1cc(N2CCC(C(F)(F)F)CC2)n2nc(-c3ccccc3Cl)c(-c3ccc(Cl)cc3)c2n1. The molecule has 0 aliphatic carbocycles. The maximum Gasteiger partial charge on any atom is 0.391 e. The molecule has 0 amide bonds. The highest BCUT2D eigenvalue weighted by molar-refractivity contribution is 6.33. The molecule has 6 rings (SSSR count). The van der Waals surface area contributed by atoms with E-state index in [1.807, 2.05) is 41.3 Å². The lowest BCUT2D eigenvalue weighted by molar-refractivity contribution is -0.179. The van der Waals surface area contributed by atoms with Gasteiger partial charge in [0.05, 0.1) is 29.2 Å². The van der Waals surface area contributed by atoms with Crippen molar-refractivity contribution in [3.8, 4) is 22.4 Å².